The van der Waals surface area contributed by atoms with Crippen molar-refractivity contribution in [2.45, 2.75) is 38.6 Å². The topological polar surface area (TPSA) is 66.8 Å². The largest absolute Gasteiger partial charge is 0.462 e. The van der Waals surface area contributed by atoms with Crippen LogP contribution in [0.4, 0.5) is 0 Å². The quantitative estimate of drug-likeness (QED) is 0.357. The van der Waals surface area contributed by atoms with Crippen molar-refractivity contribution in [1.29, 1.82) is 0 Å². The lowest BCUT2D eigenvalue weighted by molar-refractivity contribution is -0.138. The molecular formula is C25H24O4. The highest BCUT2D eigenvalue weighted by atomic mass is 16.5. The molecule has 2 N–H and O–H groups in total. The van der Waals surface area contributed by atoms with Gasteiger partial charge < -0.3 is 14.9 Å². The number of hydrogen-bond donors (Lipinski definition) is 2. The average molecular weight is 388 g/mol. The second-order valence-electron chi connectivity index (χ2n) is 8.36. The molecule has 2 unspecified atom stereocenters. The lowest BCUT2D eigenvalue weighted by Gasteiger charge is -2.24. The first-order valence-corrected chi connectivity index (χ1v) is 9.66. The third kappa shape index (κ3) is 3.46. The first-order chi connectivity index (χ1) is 13.8. The SMILES string of the molecule is CC(C)(C)OC=O.OC1C=Cc2c(cc3ccc4cccc5ccc2c3c45)C1O. The predicted octanol–water partition coefficient (Wildman–Crippen LogP) is 4.96. The maximum atomic E-state index is 10.3. The fourth-order valence-corrected chi connectivity index (χ4v) is 3.91. The Bertz CT molecular complexity index is 1200. The number of carbonyl (C=O) groups is 1. The van der Waals surface area contributed by atoms with Gasteiger partial charge in [-0.15, -0.1) is 0 Å². The highest BCUT2D eigenvalue weighted by Crippen LogP contribution is 2.41. The summed E-state index contributed by atoms with van der Waals surface area (Å²) < 4.78 is 4.55. The zero-order valence-corrected chi connectivity index (χ0v) is 16.7. The Balaban J connectivity index is 0.000000255. The van der Waals surface area contributed by atoms with Crippen molar-refractivity contribution < 1.29 is 19.7 Å². The molecule has 29 heavy (non-hydrogen) atoms. The van der Waals surface area contributed by atoms with Crippen molar-refractivity contribution in [3.63, 3.8) is 0 Å². The first kappa shape index (κ1) is 19.4. The molecule has 4 heteroatoms. The van der Waals surface area contributed by atoms with Gasteiger partial charge in [-0.25, -0.2) is 0 Å². The summed E-state index contributed by atoms with van der Waals surface area (Å²) in [6.07, 6.45) is 1.91. The van der Waals surface area contributed by atoms with Gasteiger partial charge in [-0.05, 0) is 70.3 Å². The molecule has 0 bridgehead atoms. The van der Waals surface area contributed by atoms with Gasteiger partial charge in [0, 0.05) is 0 Å². The van der Waals surface area contributed by atoms with Crippen LogP contribution in [0.2, 0.25) is 0 Å². The van der Waals surface area contributed by atoms with E-state index in [1.807, 2.05) is 32.9 Å². The summed E-state index contributed by atoms with van der Waals surface area (Å²) in [5, 5.41) is 27.4. The van der Waals surface area contributed by atoms with E-state index in [4.69, 9.17) is 0 Å². The third-order valence-corrected chi connectivity index (χ3v) is 5.22. The van der Waals surface area contributed by atoms with Gasteiger partial charge in [0.2, 0.25) is 0 Å². The number of ether oxygens (including phenoxy) is 1. The third-order valence-electron chi connectivity index (χ3n) is 5.22. The monoisotopic (exact) mass is 388 g/mol. The van der Waals surface area contributed by atoms with Gasteiger partial charge in [-0.3, -0.25) is 4.79 Å². The molecule has 1 aliphatic rings. The lowest BCUT2D eigenvalue weighted by atomic mass is 9.84. The molecule has 0 aliphatic heterocycles. The molecule has 1 aliphatic carbocycles. The van der Waals surface area contributed by atoms with Gasteiger partial charge in [-0.1, -0.05) is 54.6 Å². The molecular weight excluding hydrogens is 364 g/mol. The van der Waals surface area contributed by atoms with Crippen LogP contribution in [0.15, 0.2) is 54.6 Å². The molecule has 0 fully saturated rings. The summed E-state index contributed by atoms with van der Waals surface area (Å²) in [6.45, 7) is 5.92. The maximum Gasteiger partial charge on any atom is 0.293 e. The Kier molecular flexibility index (Phi) is 4.77. The Morgan fingerprint density at radius 3 is 2.21 bits per heavy atom. The smallest absolute Gasteiger partial charge is 0.293 e. The molecule has 4 aromatic carbocycles. The molecule has 0 saturated heterocycles. The van der Waals surface area contributed by atoms with E-state index in [1.54, 1.807) is 6.08 Å². The minimum absolute atomic E-state index is 0.318. The second kappa shape index (κ2) is 7.14. The van der Waals surface area contributed by atoms with Crippen LogP contribution in [0.3, 0.4) is 0 Å². The molecule has 0 aromatic heterocycles. The molecule has 5 rings (SSSR count). The molecule has 4 nitrogen and oxygen atoms in total. The fourth-order valence-electron chi connectivity index (χ4n) is 3.91. The van der Waals surface area contributed by atoms with E-state index < -0.39 is 12.2 Å². The molecule has 148 valence electrons. The van der Waals surface area contributed by atoms with Crippen molar-refractivity contribution in [2.24, 2.45) is 0 Å². The van der Waals surface area contributed by atoms with Crippen LogP contribution in [0, 0.1) is 0 Å². The zero-order chi connectivity index (χ0) is 20.8. The van der Waals surface area contributed by atoms with Gasteiger partial charge in [0.05, 0.1) is 0 Å². The van der Waals surface area contributed by atoms with E-state index in [1.165, 1.54) is 21.5 Å². The number of aliphatic hydroxyl groups is 2. The summed E-state index contributed by atoms with van der Waals surface area (Å²) >= 11 is 0. The highest BCUT2D eigenvalue weighted by Gasteiger charge is 2.25. The van der Waals surface area contributed by atoms with Crippen molar-refractivity contribution in [2.75, 3.05) is 0 Å². The number of aliphatic hydroxyl groups excluding tert-OH is 2. The molecule has 4 aromatic rings. The normalized spacial score (nSPS) is 18.5. The lowest BCUT2D eigenvalue weighted by Crippen LogP contribution is -2.19. The fraction of sp³-hybridized carbons (Fsp3) is 0.240. The summed E-state index contributed by atoms with van der Waals surface area (Å²) in [6, 6.07) is 16.8. The first-order valence-electron chi connectivity index (χ1n) is 9.66. The van der Waals surface area contributed by atoms with E-state index in [2.05, 4.69) is 47.2 Å². The van der Waals surface area contributed by atoms with Gasteiger partial charge >= 0.3 is 0 Å². The maximum absolute atomic E-state index is 10.3. The number of carbonyl (C=O) groups excluding carboxylic acids is 1. The standard InChI is InChI=1S/C20H14O2.C5H10O2/c21-17-9-8-14-15-7-6-12-3-1-2-11-4-5-13(19(15)18(11)12)10-16(14)20(17)22;1-5(2,3)7-4-6/h1-10,17,20-22H;4H,1-3H3. The second-order valence-corrected chi connectivity index (χ2v) is 8.36. The molecule has 0 spiro atoms. The van der Waals surface area contributed by atoms with Crippen molar-refractivity contribution in [3.8, 4) is 0 Å². The predicted molar refractivity (Wildman–Crippen MR) is 117 cm³/mol. The van der Waals surface area contributed by atoms with Crippen molar-refractivity contribution in [1.82, 2.24) is 0 Å². The Morgan fingerprint density at radius 1 is 0.931 bits per heavy atom. The zero-order valence-electron chi connectivity index (χ0n) is 16.7. The van der Waals surface area contributed by atoms with Gasteiger partial charge in [0.15, 0.2) is 0 Å². The van der Waals surface area contributed by atoms with Crippen LogP contribution in [0.1, 0.15) is 38.0 Å². The molecule has 0 radical (unpaired) electrons. The van der Waals surface area contributed by atoms with Crippen LogP contribution in [0.5, 0.6) is 0 Å². The van der Waals surface area contributed by atoms with Gasteiger partial charge in [0.1, 0.15) is 17.8 Å². The number of rotatable bonds is 1. The number of benzene rings is 4. The molecule has 0 amide bonds. The van der Waals surface area contributed by atoms with E-state index >= 15 is 0 Å². The van der Waals surface area contributed by atoms with Crippen molar-refractivity contribution >= 4 is 44.9 Å². The van der Waals surface area contributed by atoms with Crippen molar-refractivity contribution in [3.05, 3.63) is 65.7 Å². The van der Waals surface area contributed by atoms with Crippen LogP contribution in [-0.4, -0.2) is 28.4 Å². The van der Waals surface area contributed by atoms with E-state index in [-0.39, 0.29) is 5.60 Å². The average Bonchev–Trinajstić information content (AvgIpc) is 2.68. The van der Waals surface area contributed by atoms with Gasteiger partial charge in [-0.2, -0.15) is 0 Å². The van der Waals surface area contributed by atoms with Crippen LogP contribution < -0.4 is 0 Å². The molecule has 2 atom stereocenters. The Morgan fingerprint density at radius 2 is 1.59 bits per heavy atom. The summed E-state index contributed by atoms with van der Waals surface area (Å²) in [5.41, 5.74) is 1.51. The minimum atomic E-state index is -0.859. The van der Waals surface area contributed by atoms with E-state index in [0.717, 1.165) is 21.9 Å². The van der Waals surface area contributed by atoms with Crippen LogP contribution >= 0.6 is 0 Å². The van der Waals surface area contributed by atoms with Gasteiger partial charge in [0.25, 0.3) is 6.47 Å². The highest BCUT2D eigenvalue weighted by molar-refractivity contribution is 6.24. The van der Waals surface area contributed by atoms with E-state index in [9.17, 15) is 15.0 Å². The molecule has 0 saturated carbocycles. The van der Waals surface area contributed by atoms with E-state index in [0.29, 0.717) is 6.47 Å². The number of fused-ring (bicyclic) bond motifs is 2. The van der Waals surface area contributed by atoms with Crippen LogP contribution in [-0.2, 0) is 9.53 Å². The minimum Gasteiger partial charge on any atom is -0.462 e. The molecule has 0 heterocycles. The number of hydrogen-bond acceptors (Lipinski definition) is 4. The summed E-state index contributed by atoms with van der Waals surface area (Å²) in [7, 11) is 0. The Labute approximate surface area is 169 Å². The van der Waals surface area contributed by atoms with Crippen LogP contribution in [0.25, 0.3) is 38.4 Å². The summed E-state index contributed by atoms with van der Waals surface area (Å²) in [5.74, 6) is 0. The Hall–Kier alpha value is -2.95. The summed E-state index contributed by atoms with van der Waals surface area (Å²) in [4.78, 5) is 9.60.